The van der Waals surface area contributed by atoms with Gasteiger partial charge in [-0.3, -0.25) is 4.79 Å². The number of oxime groups is 1. The molecule has 1 N–H and O–H groups in total. The SMILES string of the molecule is Cn1ccnc1Sc1ccc(NC(=O)[C@@H]2CC(c3ccc(Cl)s3)=NO2)cc1. The summed E-state index contributed by atoms with van der Waals surface area (Å²) in [6.07, 6.45) is 3.45. The molecule has 0 spiro atoms. The van der Waals surface area contributed by atoms with Gasteiger partial charge in [-0.1, -0.05) is 28.5 Å². The Morgan fingerprint density at radius 2 is 2.15 bits per heavy atom. The van der Waals surface area contributed by atoms with E-state index >= 15 is 0 Å². The second-order valence-electron chi connectivity index (χ2n) is 5.88. The molecule has 138 valence electrons. The van der Waals surface area contributed by atoms with Crippen LogP contribution in [0, 0.1) is 0 Å². The van der Waals surface area contributed by atoms with Crippen LogP contribution < -0.4 is 5.32 Å². The fourth-order valence-corrected chi connectivity index (χ4v) is 4.35. The van der Waals surface area contributed by atoms with Crippen LogP contribution in [0.3, 0.4) is 0 Å². The van der Waals surface area contributed by atoms with Gasteiger partial charge in [-0.15, -0.1) is 11.3 Å². The summed E-state index contributed by atoms with van der Waals surface area (Å²) >= 11 is 8.93. The van der Waals surface area contributed by atoms with E-state index in [-0.39, 0.29) is 5.91 Å². The predicted molar refractivity (Wildman–Crippen MR) is 108 cm³/mol. The number of nitrogens with zero attached hydrogens (tertiary/aromatic N) is 3. The molecule has 0 saturated heterocycles. The maximum absolute atomic E-state index is 12.4. The summed E-state index contributed by atoms with van der Waals surface area (Å²) in [6, 6.07) is 11.3. The zero-order valence-electron chi connectivity index (χ0n) is 14.3. The van der Waals surface area contributed by atoms with Crippen molar-refractivity contribution >= 4 is 52.0 Å². The smallest absolute Gasteiger partial charge is 0.268 e. The molecule has 0 radical (unpaired) electrons. The number of rotatable bonds is 5. The molecule has 1 amide bonds. The summed E-state index contributed by atoms with van der Waals surface area (Å²) in [5, 5.41) is 7.80. The van der Waals surface area contributed by atoms with Crippen LogP contribution in [0.5, 0.6) is 0 Å². The van der Waals surface area contributed by atoms with E-state index in [1.165, 1.54) is 11.3 Å². The minimum Gasteiger partial charge on any atom is -0.382 e. The van der Waals surface area contributed by atoms with Gasteiger partial charge in [0.2, 0.25) is 6.10 Å². The minimum atomic E-state index is -0.637. The largest absolute Gasteiger partial charge is 0.382 e. The lowest BCUT2D eigenvalue weighted by Crippen LogP contribution is -2.27. The van der Waals surface area contributed by atoms with E-state index in [0.717, 1.165) is 20.6 Å². The third kappa shape index (κ3) is 4.18. The standard InChI is InChI=1S/C18H15ClN4O2S2/c1-23-9-8-20-18(23)26-12-4-2-11(3-5-12)21-17(24)14-10-13(22-25-14)15-6-7-16(19)27-15/h2-9,14H,10H2,1H3,(H,21,24)/t14-/m0/s1. The normalized spacial score (nSPS) is 16.1. The summed E-state index contributed by atoms with van der Waals surface area (Å²) < 4.78 is 2.64. The first-order valence-electron chi connectivity index (χ1n) is 8.13. The first kappa shape index (κ1) is 18.1. The van der Waals surface area contributed by atoms with Crippen LogP contribution >= 0.6 is 34.7 Å². The van der Waals surface area contributed by atoms with E-state index in [4.69, 9.17) is 16.4 Å². The number of halogens is 1. The molecule has 0 aliphatic carbocycles. The Morgan fingerprint density at radius 3 is 2.81 bits per heavy atom. The molecule has 9 heteroatoms. The number of nitrogens with one attached hydrogen (secondary N) is 1. The predicted octanol–water partition coefficient (Wildman–Crippen LogP) is 4.42. The van der Waals surface area contributed by atoms with Gasteiger partial charge in [0, 0.05) is 36.4 Å². The molecule has 3 aromatic rings. The van der Waals surface area contributed by atoms with E-state index in [1.54, 1.807) is 18.0 Å². The first-order chi connectivity index (χ1) is 13.1. The molecule has 1 atom stereocenters. The molecule has 1 aliphatic rings. The van der Waals surface area contributed by atoms with Gasteiger partial charge in [0.05, 0.1) is 9.21 Å². The van der Waals surface area contributed by atoms with Crippen LogP contribution in [0.2, 0.25) is 4.34 Å². The van der Waals surface area contributed by atoms with Crippen LogP contribution in [0.1, 0.15) is 11.3 Å². The number of benzene rings is 1. The Labute approximate surface area is 169 Å². The van der Waals surface area contributed by atoms with E-state index in [9.17, 15) is 4.79 Å². The Morgan fingerprint density at radius 1 is 1.33 bits per heavy atom. The molecule has 1 aliphatic heterocycles. The first-order valence-corrected chi connectivity index (χ1v) is 10.1. The monoisotopic (exact) mass is 418 g/mol. The molecule has 0 bridgehead atoms. The van der Waals surface area contributed by atoms with Crippen LogP contribution in [0.4, 0.5) is 5.69 Å². The summed E-state index contributed by atoms with van der Waals surface area (Å²) in [6.45, 7) is 0. The lowest BCUT2D eigenvalue weighted by molar-refractivity contribution is -0.125. The minimum absolute atomic E-state index is 0.221. The van der Waals surface area contributed by atoms with Gasteiger partial charge >= 0.3 is 0 Å². The number of carbonyl (C=O) groups excluding carboxylic acids is 1. The van der Waals surface area contributed by atoms with Gasteiger partial charge in [-0.2, -0.15) is 0 Å². The molecule has 6 nitrogen and oxygen atoms in total. The second kappa shape index (κ2) is 7.75. The molecule has 3 heterocycles. The van der Waals surface area contributed by atoms with Crippen molar-refractivity contribution < 1.29 is 9.63 Å². The molecule has 2 aromatic heterocycles. The summed E-state index contributed by atoms with van der Waals surface area (Å²) in [7, 11) is 1.95. The second-order valence-corrected chi connectivity index (χ2v) is 8.63. The molecule has 1 aromatic carbocycles. The number of amides is 1. The molecule has 4 rings (SSSR count). The highest BCUT2D eigenvalue weighted by atomic mass is 35.5. The number of aryl methyl sites for hydroxylation is 1. The van der Waals surface area contributed by atoms with Crippen LogP contribution in [0.15, 0.2) is 64.0 Å². The maximum Gasteiger partial charge on any atom is 0.268 e. The molecular formula is C18H15ClN4O2S2. The fraction of sp³-hybridized carbons (Fsp3) is 0.167. The van der Waals surface area contributed by atoms with Gasteiger partial charge in [0.15, 0.2) is 5.16 Å². The lowest BCUT2D eigenvalue weighted by Gasteiger charge is -2.10. The number of imidazole rings is 1. The number of hydrogen-bond acceptors (Lipinski definition) is 6. The Balaban J connectivity index is 1.34. The maximum atomic E-state index is 12.4. The van der Waals surface area contributed by atoms with Gasteiger partial charge in [-0.05, 0) is 36.4 Å². The molecule has 0 unspecified atom stereocenters. The van der Waals surface area contributed by atoms with Crippen molar-refractivity contribution in [1.82, 2.24) is 9.55 Å². The lowest BCUT2D eigenvalue weighted by atomic mass is 10.1. The fourth-order valence-electron chi connectivity index (χ4n) is 2.52. The van der Waals surface area contributed by atoms with Crippen molar-refractivity contribution in [3.63, 3.8) is 0 Å². The van der Waals surface area contributed by atoms with E-state index in [2.05, 4.69) is 15.5 Å². The van der Waals surface area contributed by atoms with E-state index in [1.807, 2.05) is 54.2 Å². The highest BCUT2D eigenvalue weighted by Gasteiger charge is 2.29. The van der Waals surface area contributed by atoms with Crippen molar-refractivity contribution in [2.45, 2.75) is 22.6 Å². The third-order valence-electron chi connectivity index (χ3n) is 3.93. The average molecular weight is 419 g/mol. The van der Waals surface area contributed by atoms with Crippen molar-refractivity contribution in [1.29, 1.82) is 0 Å². The average Bonchev–Trinajstić information content (AvgIpc) is 3.38. The van der Waals surface area contributed by atoms with E-state index < -0.39 is 6.10 Å². The molecule has 0 saturated carbocycles. The highest BCUT2D eigenvalue weighted by Crippen LogP contribution is 2.28. The Hall–Kier alpha value is -2.29. The number of thiophene rings is 1. The van der Waals surface area contributed by atoms with Crippen molar-refractivity contribution in [3.05, 3.63) is 58.0 Å². The Bertz CT molecular complexity index is 997. The van der Waals surface area contributed by atoms with Crippen LogP contribution in [-0.4, -0.2) is 27.3 Å². The topological polar surface area (TPSA) is 68.5 Å². The molecule has 0 fully saturated rings. The molecular weight excluding hydrogens is 404 g/mol. The van der Waals surface area contributed by atoms with Crippen molar-refractivity contribution in [3.8, 4) is 0 Å². The molecule has 27 heavy (non-hydrogen) atoms. The zero-order chi connectivity index (χ0) is 18.8. The summed E-state index contributed by atoms with van der Waals surface area (Å²) in [5.41, 5.74) is 1.45. The quantitative estimate of drug-likeness (QED) is 0.666. The van der Waals surface area contributed by atoms with E-state index in [0.29, 0.717) is 16.4 Å². The van der Waals surface area contributed by atoms with Gasteiger partial charge in [0.25, 0.3) is 5.91 Å². The number of carbonyl (C=O) groups is 1. The number of aromatic nitrogens is 2. The van der Waals surface area contributed by atoms with Gasteiger partial charge < -0.3 is 14.7 Å². The number of anilines is 1. The summed E-state index contributed by atoms with van der Waals surface area (Å²) in [4.78, 5) is 24.0. The van der Waals surface area contributed by atoms with Gasteiger partial charge in [0.1, 0.15) is 5.71 Å². The van der Waals surface area contributed by atoms with Crippen LogP contribution in [0.25, 0.3) is 0 Å². The zero-order valence-corrected chi connectivity index (χ0v) is 16.6. The van der Waals surface area contributed by atoms with Crippen LogP contribution in [-0.2, 0) is 16.7 Å². The summed E-state index contributed by atoms with van der Waals surface area (Å²) in [5.74, 6) is -0.221. The Kier molecular flexibility index (Phi) is 5.20. The number of hydrogen-bond donors (Lipinski definition) is 1. The van der Waals surface area contributed by atoms with Crippen molar-refractivity contribution in [2.75, 3.05) is 5.32 Å². The van der Waals surface area contributed by atoms with Gasteiger partial charge in [-0.25, -0.2) is 4.98 Å². The van der Waals surface area contributed by atoms with Crippen molar-refractivity contribution in [2.24, 2.45) is 12.2 Å². The highest BCUT2D eigenvalue weighted by molar-refractivity contribution is 7.99. The third-order valence-corrected chi connectivity index (χ3v) is 6.29.